The van der Waals surface area contributed by atoms with Crippen LogP contribution >= 0.6 is 0 Å². The van der Waals surface area contributed by atoms with Gasteiger partial charge in [0, 0.05) is 13.0 Å². The van der Waals surface area contributed by atoms with Crippen LogP contribution in [0.1, 0.15) is 5.69 Å². The lowest BCUT2D eigenvalue weighted by Gasteiger charge is -2.08. The van der Waals surface area contributed by atoms with E-state index in [1.165, 1.54) is 0 Å². The van der Waals surface area contributed by atoms with Gasteiger partial charge in [-0.05, 0) is 17.5 Å². The fourth-order valence-corrected chi connectivity index (χ4v) is 1.69. The Hall–Kier alpha value is -1.48. The highest BCUT2D eigenvalue weighted by Gasteiger charge is 2.09. The lowest BCUT2D eigenvalue weighted by atomic mass is 10.1. The first-order valence-electron chi connectivity index (χ1n) is 4.79. The number of aromatic amines is 1. The standard InChI is InChI=1S/C12H13NO2.ClH/c1-8-10-7-12(15-3)11(14-2)6-9(10)4-5-13-8;/h4-7H,1-3H3;1H. The van der Waals surface area contributed by atoms with Crippen molar-refractivity contribution in [3.8, 4) is 11.5 Å². The number of ether oxygens (including phenoxy) is 2. The quantitative estimate of drug-likeness (QED) is 0.673. The maximum absolute atomic E-state index is 5.26. The van der Waals surface area contributed by atoms with Crippen molar-refractivity contribution in [2.45, 2.75) is 6.92 Å². The summed E-state index contributed by atoms with van der Waals surface area (Å²) in [6, 6.07) is 5.99. The largest absolute Gasteiger partial charge is 1.00 e. The second-order valence-electron chi connectivity index (χ2n) is 3.40. The average molecular weight is 240 g/mol. The second kappa shape index (κ2) is 5.03. The highest BCUT2D eigenvalue weighted by atomic mass is 35.5. The van der Waals surface area contributed by atoms with Crippen LogP contribution in [0.4, 0.5) is 0 Å². The number of H-pyrrole nitrogens is 1. The fraction of sp³-hybridized carbons (Fsp3) is 0.250. The van der Waals surface area contributed by atoms with Crippen molar-refractivity contribution < 1.29 is 26.9 Å². The van der Waals surface area contributed by atoms with Gasteiger partial charge in [-0.3, -0.25) is 0 Å². The number of nitrogens with one attached hydrogen (secondary N) is 1. The van der Waals surface area contributed by atoms with Crippen molar-refractivity contribution in [1.82, 2.24) is 0 Å². The van der Waals surface area contributed by atoms with Crippen LogP contribution in [-0.4, -0.2) is 14.2 Å². The van der Waals surface area contributed by atoms with Crippen LogP contribution in [0.2, 0.25) is 0 Å². The third-order valence-electron chi connectivity index (χ3n) is 2.52. The molecule has 16 heavy (non-hydrogen) atoms. The lowest BCUT2D eigenvalue weighted by Crippen LogP contribution is -3.00. The summed E-state index contributed by atoms with van der Waals surface area (Å²) in [6.45, 7) is 2.04. The van der Waals surface area contributed by atoms with Gasteiger partial charge in [0.15, 0.2) is 23.4 Å². The van der Waals surface area contributed by atoms with E-state index in [1.54, 1.807) is 14.2 Å². The highest BCUT2D eigenvalue weighted by Crippen LogP contribution is 2.32. The molecule has 0 unspecified atom stereocenters. The molecule has 1 heterocycles. The Bertz CT molecular complexity index is 500. The molecule has 1 aromatic carbocycles. The molecule has 0 saturated heterocycles. The maximum atomic E-state index is 5.26. The number of rotatable bonds is 2. The first-order chi connectivity index (χ1) is 7.26. The third kappa shape index (κ3) is 2.04. The molecule has 1 aromatic heterocycles. The van der Waals surface area contributed by atoms with Gasteiger partial charge in [0.25, 0.3) is 0 Å². The zero-order valence-corrected chi connectivity index (χ0v) is 10.3. The van der Waals surface area contributed by atoms with Gasteiger partial charge < -0.3 is 21.9 Å². The highest BCUT2D eigenvalue weighted by molar-refractivity contribution is 5.86. The zero-order valence-electron chi connectivity index (χ0n) is 9.50. The van der Waals surface area contributed by atoms with E-state index in [4.69, 9.17) is 9.47 Å². The maximum Gasteiger partial charge on any atom is 0.184 e. The summed E-state index contributed by atoms with van der Waals surface area (Å²) < 4.78 is 10.5. The summed E-state index contributed by atoms with van der Waals surface area (Å²) in [4.78, 5) is 3.17. The monoisotopic (exact) mass is 239 g/mol. The molecule has 2 rings (SSSR count). The summed E-state index contributed by atoms with van der Waals surface area (Å²) in [5.41, 5.74) is 1.12. The number of halogens is 1. The molecular formula is C12H14ClNO2. The Morgan fingerprint density at radius 2 is 1.69 bits per heavy atom. The number of aromatic nitrogens is 1. The number of methoxy groups -OCH3 is 2. The molecule has 0 aliphatic carbocycles. The second-order valence-corrected chi connectivity index (χ2v) is 3.40. The van der Waals surface area contributed by atoms with Crippen molar-refractivity contribution in [1.29, 1.82) is 0 Å². The number of fused-ring (bicyclic) bond motifs is 1. The molecule has 1 N–H and O–H groups in total. The molecule has 0 amide bonds. The van der Waals surface area contributed by atoms with Crippen LogP contribution in [0.25, 0.3) is 10.8 Å². The molecule has 0 spiro atoms. The molecule has 0 radical (unpaired) electrons. The van der Waals surface area contributed by atoms with E-state index in [9.17, 15) is 0 Å². The van der Waals surface area contributed by atoms with Crippen molar-refractivity contribution in [3.05, 3.63) is 30.1 Å². The van der Waals surface area contributed by atoms with E-state index in [2.05, 4.69) is 4.98 Å². The van der Waals surface area contributed by atoms with Crippen molar-refractivity contribution in [3.63, 3.8) is 0 Å². The van der Waals surface area contributed by atoms with Gasteiger partial charge >= 0.3 is 0 Å². The Labute approximate surface area is 101 Å². The summed E-state index contributed by atoms with van der Waals surface area (Å²) in [5, 5.41) is 2.29. The number of hydrogen-bond acceptors (Lipinski definition) is 2. The number of benzene rings is 1. The normalized spacial score (nSPS) is 9.69. The molecule has 4 heteroatoms. The summed E-state index contributed by atoms with van der Waals surface area (Å²) in [7, 11) is 3.29. The molecule has 0 saturated carbocycles. The Morgan fingerprint density at radius 3 is 2.31 bits per heavy atom. The third-order valence-corrected chi connectivity index (χ3v) is 2.52. The van der Waals surface area contributed by atoms with Crippen LogP contribution in [0, 0.1) is 6.92 Å². The predicted octanol–water partition coefficient (Wildman–Crippen LogP) is -1.02. The lowest BCUT2D eigenvalue weighted by molar-refractivity contribution is -0.385. The smallest absolute Gasteiger partial charge is 0.184 e. The Balaban J connectivity index is 0.00000128. The summed E-state index contributed by atoms with van der Waals surface area (Å²) >= 11 is 0. The minimum atomic E-state index is 0. The molecule has 0 bridgehead atoms. The van der Waals surface area contributed by atoms with Gasteiger partial charge in [-0.15, -0.1) is 0 Å². The fourth-order valence-electron chi connectivity index (χ4n) is 1.69. The Morgan fingerprint density at radius 1 is 1.06 bits per heavy atom. The van der Waals surface area contributed by atoms with E-state index in [-0.39, 0.29) is 12.4 Å². The van der Waals surface area contributed by atoms with Crippen molar-refractivity contribution in [2.24, 2.45) is 0 Å². The van der Waals surface area contributed by atoms with Gasteiger partial charge in [0.1, 0.15) is 0 Å². The van der Waals surface area contributed by atoms with Gasteiger partial charge in [-0.2, -0.15) is 0 Å². The number of aryl methyl sites for hydroxylation is 1. The average Bonchev–Trinajstić information content (AvgIpc) is 2.28. The minimum absolute atomic E-state index is 0. The SMILES string of the molecule is COc1cc2cc[nH+]c(C)c2cc1OC.[Cl-]. The zero-order chi connectivity index (χ0) is 10.8. The van der Waals surface area contributed by atoms with Crippen molar-refractivity contribution in [2.75, 3.05) is 14.2 Å². The van der Waals surface area contributed by atoms with Gasteiger partial charge in [-0.25, -0.2) is 4.98 Å². The van der Waals surface area contributed by atoms with Gasteiger partial charge in [0.05, 0.1) is 19.6 Å². The molecular weight excluding hydrogens is 226 g/mol. The van der Waals surface area contributed by atoms with Crippen molar-refractivity contribution >= 4 is 10.8 Å². The van der Waals surface area contributed by atoms with Crippen LogP contribution < -0.4 is 26.9 Å². The summed E-state index contributed by atoms with van der Waals surface area (Å²) in [5.74, 6) is 1.52. The number of hydrogen-bond donors (Lipinski definition) is 0. The van der Waals surface area contributed by atoms with E-state index < -0.39 is 0 Å². The van der Waals surface area contributed by atoms with Gasteiger partial charge in [-0.1, -0.05) is 0 Å². The molecule has 0 atom stereocenters. The Kier molecular flexibility index (Phi) is 3.96. The van der Waals surface area contributed by atoms with E-state index in [0.29, 0.717) is 0 Å². The van der Waals surface area contributed by atoms with E-state index in [0.717, 1.165) is 28.0 Å². The predicted molar refractivity (Wildman–Crippen MR) is 58.3 cm³/mol. The van der Waals surface area contributed by atoms with Crippen LogP contribution in [0.5, 0.6) is 11.5 Å². The van der Waals surface area contributed by atoms with E-state index in [1.807, 2.05) is 31.3 Å². The molecule has 0 aliphatic rings. The first kappa shape index (κ1) is 12.6. The molecule has 86 valence electrons. The van der Waals surface area contributed by atoms with Crippen LogP contribution in [0.3, 0.4) is 0 Å². The van der Waals surface area contributed by atoms with Crippen LogP contribution in [-0.2, 0) is 0 Å². The topological polar surface area (TPSA) is 32.6 Å². The van der Waals surface area contributed by atoms with E-state index >= 15 is 0 Å². The van der Waals surface area contributed by atoms with Crippen LogP contribution in [0.15, 0.2) is 24.4 Å². The van der Waals surface area contributed by atoms with Gasteiger partial charge in [0.2, 0.25) is 0 Å². The first-order valence-corrected chi connectivity index (χ1v) is 4.79. The molecule has 3 nitrogen and oxygen atoms in total. The minimum Gasteiger partial charge on any atom is -1.00 e. The molecule has 0 fully saturated rings. The molecule has 2 aromatic rings. The molecule has 0 aliphatic heterocycles. The summed E-state index contributed by atoms with van der Waals surface area (Å²) in [6.07, 6.45) is 1.92. The number of pyridine rings is 1.